The summed E-state index contributed by atoms with van der Waals surface area (Å²) in [7, 11) is 3.72. The van der Waals surface area contributed by atoms with Gasteiger partial charge in [-0.25, -0.2) is 9.18 Å². The number of carbonyl (C=O) groups is 2. The maximum atomic E-state index is 14.4. The maximum Gasteiger partial charge on any atom is 0.345 e. The third-order valence-corrected chi connectivity index (χ3v) is 8.22. The Bertz CT molecular complexity index is 1260. The monoisotopic (exact) mass is 483 g/mol. The Morgan fingerprint density at radius 1 is 1.15 bits per heavy atom. The lowest BCUT2D eigenvalue weighted by Gasteiger charge is -2.30. The molecule has 1 aromatic carbocycles. The number of amides is 1. The summed E-state index contributed by atoms with van der Waals surface area (Å²) in [5.74, 6) is -0.874. The largest absolute Gasteiger partial charge is 0.477 e. The molecule has 2 aromatic heterocycles. The number of carboxylic acids is 1. The third-order valence-electron chi connectivity index (χ3n) is 7.08. The summed E-state index contributed by atoms with van der Waals surface area (Å²) in [6.45, 7) is 1.71. The number of likely N-dealkylation sites (N-methyl/N-ethyl adjacent to an activating group) is 1. The number of halogens is 1. The summed E-state index contributed by atoms with van der Waals surface area (Å²) in [6, 6.07) is 6.65. The lowest BCUT2D eigenvalue weighted by Crippen LogP contribution is -2.40. The second-order valence-corrected chi connectivity index (χ2v) is 10.8. The number of aromatic carboxylic acids is 1. The Kier molecular flexibility index (Phi) is 6.20. The molecule has 0 atom stereocenters. The first-order chi connectivity index (χ1) is 16.3. The highest BCUT2D eigenvalue weighted by Gasteiger charge is 2.31. The second-order valence-electron chi connectivity index (χ2n) is 9.73. The van der Waals surface area contributed by atoms with Gasteiger partial charge in [-0.15, -0.1) is 11.3 Å². The zero-order chi connectivity index (χ0) is 24.0. The van der Waals surface area contributed by atoms with Crippen LogP contribution in [0.3, 0.4) is 0 Å². The summed E-state index contributed by atoms with van der Waals surface area (Å²) in [5.41, 5.74) is 4.96. The van der Waals surface area contributed by atoms with Gasteiger partial charge < -0.3 is 19.5 Å². The highest BCUT2D eigenvalue weighted by atomic mass is 32.1. The van der Waals surface area contributed by atoms with E-state index in [0.717, 1.165) is 52.7 Å². The number of carbonyl (C=O) groups excluding carboxylic acids is 1. The van der Waals surface area contributed by atoms with Crippen molar-refractivity contribution in [1.82, 2.24) is 14.4 Å². The van der Waals surface area contributed by atoms with Gasteiger partial charge in [0.05, 0.1) is 22.5 Å². The van der Waals surface area contributed by atoms with E-state index in [1.54, 1.807) is 17.0 Å². The van der Waals surface area contributed by atoms with Crippen LogP contribution >= 0.6 is 11.3 Å². The molecule has 1 saturated carbocycles. The van der Waals surface area contributed by atoms with Crippen LogP contribution in [-0.4, -0.2) is 58.5 Å². The van der Waals surface area contributed by atoms with E-state index < -0.39 is 5.97 Å². The minimum atomic E-state index is -0.916. The molecule has 0 bridgehead atoms. The van der Waals surface area contributed by atoms with Crippen molar-refractivity contribution in [1.29, 1.82) is 0 Å². The first-order valence-corrected chi connectivity index (χ1v) is 12.8. The van der Waals surface area contributed by atoms with Crippen LogP contribution in [0.5, 0.6) is 0 Å². The minimum absolute atomic E-state index is 0.00360. The van der Waals surface area contributed by atoms with Crippen LogP contribution in [0.4, 0.5) is 4.39 Å². The first kappa shape index (κ1) is 23.1. The standard InChI is InChI=1S/C26H30FN3O3S/c1-28(2)15-22(31)29-10-11-30-20-13-21(26(32)33)34-25(20)23(16-6-4-3-5-7-16)24(30)19-9-8-18(27)12-17(19)14-29/h8-9,12-13,16H,3-7,10-11,14-15H2,1-2H3,(H,32,33). The Morgan fingerprint density at radius 3 is 2.62 bits per heavy atom. The highest BCUT2D eigenvalue weighted by Crippen LogP contribution is 2.48. The molecular formula is C26H30FN3O3S. The summed E-state index contributed by atoms with van der Waals surface area (Å²) in [5, 5.41) is 9.70. The summed E-state index contributed by atoms with van der Waals surface area (Å²) >= 11 is 1.34. The van der Waals surface area contributed by atoms with Crippen molar-refractivity contribution in [3.63, 3.8) is 0 Å². The number of aromatic nitrogens is 1. The topological polar surface area (TPSA) is 65.8 Å². The van der Waals surface area contributed by atoms with Crippen LogP contribution in [0.15, 0.2) is 24.3 Å². The van der Waals surface area contributed by atoms with Crippen LogP contribution < -0.4 is 0 Å². The molecule has 1 aliphatic carbocycles. The zero-order valence-electron chi connectivity index (χ0n) is 19.6. The molecular weight excluding hydrogens is 453 g/mol. The van der Waals surface area contributed by atoms with Crippen LogP contribution in [0.2, 0.25) is 0 Å². The number of thiophene rings is 1. The van der Waals surface area contributed by atoms with Crippen LogP contribution in [0.1, 0.15) is 58.8 Å². The molecule has 0 saturated heterocycles. The average Bonchev–Trinajstić information content (AvgIpc) is 3.33. The summed E-state index contributed by atoms with van der Waals surface area (Å²) in [4.78, 5) is 28.8. The van der Waals surface area contributed by atoms with E-state index in [0.29, 0.717) is 30.4 Å². The Balaban J connectivity index is 1.72. The van der Waals surface area contributed by atoms with Gasteiger partial charge in [-0.05, 0) is 68.2 Å². The smallest absolute Gasteiger partial charge is 0.345 e. The van der Waals surface area contributed by atoms with Gasteiger partial charge in [0, 0.05) is 25.2 Å². The SMILES string of the molecule is CN(C)CC(=O)N1CCn2c(c(C3CCCCC3)c3sc(C(=O)O)cc32)-c2ccc(F)cc2C1. The van der Waals surface area contributed by atoms with Gasteiger partial charge in [0.1, 0.15) is 10.7 Å². The van der Waals surface area contributed by atoms with E-state index in [9.17, 15) is 19.1 Å². The number of nitrogens with zero attached hydrogens (tertiary/aromatic N) is 3. The number of hydrogen-bond donors (Lipinski definition) is 1. The number of benzene rings is 1. The molecule has 1 aliphatic heterocycles. The zero-order valence-corrected chi connectivity index (χ0v) is 20.5. The molecule has 34 heavy (non-hydrogen) atoms. The second kappa shape index (κ2) is 9.15. The lowest BCUT2D eigenvalue weighted by atomic mass is 9.82. The maximum absolute atomic E-state index is 14.4. The number of carboxylic acid groups (broad SMARTS) is 1. The molecule has 180 valence electrons. The van der Waals surface area contributed by atoms with Gasteiger partial charge in [0.2, 0.25) is 5.91 Å². The minimum Gasteiger partial charge on any atom is -0.477 e. The van der Waals surface area contributed by atoms with Crippen LogP contribution in [0.25, 0.3) is 21.5 Å². The van der Waals surface area contributed by atoms with Crippen molar-refractivity contribution in [2.75, 3.05) is 27.2 Å². The molecule has 2 aliphatic rings. The van der Waals surface area contributed by atoms with Crippen molar-refractivity contribution < 1.29 is 19.1 Å². The Labute approximate surface area is 202 Å². The molecule has 0 radical (unpaired) electrons. The van der Waals surface area contributed by atoms with Crippen molar-refractivity contribution in [3.8, 4) is 11.3 Å². The molecule has 1 fully saturated rings. The summed E-state index contributed by atoms with van der Waals surface area (Å²) in [6.07, 6.45) is 5.71. The Hall–Kier alpha value is -2.71. The fourth-order valence-electron chi connectivity index (χ4n) is 5.56. The van der Waals surface area contributed by atoms with Crippen molar-refractivity contribution in [2.24, 2.45) is 0 Å². The number of fused-ring (bicyclic) bond motifs is 5. The van der Waals surface area contributed by atoms with Gasteiger partial charge in [0.25, 0.3) is 0 Å². The van der Waals surface area contributed by atoms with Crippen LogP contribution in [0, 0.1) is 5.82 Å². The molecule has 0 unspecified atom stereocenters. The lowest BCUT2D eigenvalue weighted by molar-refractivity contribution is -0.132. The Morgan fingerprint density at radius 2 is 1.91 bits per heavy atom. The molecule has 6 nitrogen and oxygen atoms in total. The molecule has 3 aromatic rings. The van der Waals surface area contributed by atoms with Gasteiger partial charge in [0.15, 0.2) is 0 Å². The fraction of sp³-hybridized carbons (Fsp3) is 0.462. The normalized spacial score (nSPS) is 16.9. The molecule has 8 heteroatoms. The number of rotatable bonds is 4. The van der Waals surface area contributed by atoms with Crippen molar-refractivity contribution in [2.45, 2.75) is 51.1 Å². The molecule has 0 spiro atoms. The van der Waals surface area contributed by atoms with E-state index in [2.05, 4.69) is 4.57 Å². The van der Waals surface area contributed by atoms with E-state index in [1.165, 1.54) is 29.4 Å². The van der Waals surface area contributed by atoms with Crippen molar-refractivity contribution >= 4 is 33.4 Å². The molecule has 1 N–H and O–H groups in total. The van der Waals surface area contributed by atoms with E-state index >= 15 is 0 Å². The molecule has 5 rings (SSSR count). The average molecular weight is 484 g/mol. The highest BCUT2D eigenvalue weighted by molar-refractivity contribution is 7.21. The summed E-state index contributed by atoms with van der Waals surface area (Å²) < 4.78 is 17.6. The van der Waals surface area contributed by atoms with E-state index in [4.69, 9.17) is 0 Å². The van der Waals surface area contributed by atoms with Gasteiger partial charge in [-0.2, -0.15) is 0 Å². The predicted molar refractivity (Wildman–Crippen MR) is 132 cm³/mol. The number of hydrogen-bond acceptors (Lipinski definition) is 4. The quantitative estimate of drug-likeness (QED) is 0.557. The van der Waals surface area contributed by atoms with E-state index in [1.807, 2.05) is 25.1 Å². The fourth-order valence-corrected chi connectivity index (χ4v) is 6.68. The van der Waals surface area contributed by atoms with Gasteiger partial charge in [-0.1, -0.05) is 19.3 Å². The molecule has 3 heterocycles. The van der Waals surface area contributed by atoms with Crippen LogP contribution in [-0.2, 0) is 17.9 Å². The first-order valence-electron chi connectivity index (χ1n) is 11.9. The van der Waals surface area contributed by atoms with E-state index in [-0.39, 0.29) is 18.3 Å². The van der Waals surface area contributed by atoms with Gasteiger partial charge in [-0.3, -0.25) is 4.79 Å². The van der Waals surface area contributed by atoms with Gasteiger partial charge >= 0.3 is 5.97 Å². The molecule has 1 amide bonds. The van der Waals surface area contributed by atoms with Crippen molar-refractivity contribution in [3.05, 3.63) is 46.1 Å². The third kappa shape index (κ3) is 4.14. The predicted octanol–water partition coefficient (Wildman–Crippen LogP) is 5.16.